The molecule has 4 N–H and O–H groups in total. The Labute approximate surface area is 134 Å². The summed E-state index contributed by atoms with van der Waals surface area (Å²) in [6.07, 6.45) is 0.668. The average Bonchev–Trinajstić information content (AvgIpc) is 2.51. The standard InChI is InChI=1S/C16H18N2O3S/c1-21-15-5-3-2-4-12(15)18-16(22)17-9-8-11-6-7-13(19)14(20)10-11/h2-7,10,19-20H,8-9H2,1H3,(H2,17,18,22). The molecule has 5 nitrogen and oxygen atoms in total. The number of para-hydroxylation sites is 2. The molecule has 116 valence electrons. The van der Waals surface area contributed by atoms with Gasteiger partial charge >= 0.3 is 0 Å². The highest BCUT2D eigenvalue weighted by molar-refractivity contribution is 7.80. The average molecular weight is 318 g/mol. The molecule has 0 aliphatic rings. The van der Waals surface area contributed by atoms with E-state index in [-0.39, 0.29) is 11.5 Å². The molecule has 2 aromatic rings. The first-order valence-corrected chi connectivity index (χ1v) is 7.19. The zero-order chi connectivity index (χ0) is 15.9. The van der Waals surface area contributed by atoms with E-state index < -0.39 is 0 Å². The molecule has 0 saturated carbocycles. The summed E-state index contributed by atoms with van der Waals surface area (Å²) in [5.41, 5.74) is 1.70. The second-order valence-electron chi connectivity index (χ2n) is 4.65. The molecular weight excluding hydrogens is 300 g/mol. The number of thiocarbonyl (C=S) groups is 1. The summed E-state index contributed by atoms with van der Waals surface area (Å²) >= 11 is 5.24. The van der Waals surface area contributed by atoms with Crippen molar-refractivity contribution in [2.75, 3.05) is 19.0 Å². The Kier molecular flexibility index (Phi) is 5.43. The first kappa shape index (κ1) is 15.9. The molecule has 0 heterocycles. The van der Waals surface area contributed by atoms with Gasteiger partial charge in [0.25, 0.3) is 0 Å². The molecule has 0 amide bonds. The fraction of sp³-hybridized carbons (Fsp3) is 0.188. The van der Waals surface area contributed by atoms with Crippen molar-refractivity contribution in [1.29, 1.82) is 0 Å². The van der Waals surface area contributed by atoms with Crippen molar-refractivity contribution in [2.45, 2.75) is 6.42 Å². The van der Waals surface area contributed by atoms with Crippen molar-refractivity contribution in [1.82, 2.24) is 5.32 Å². The second-order valence-corrected chi connectivity index (χ2v) is 5.06. The number of aromatic hydroxyl groups is 2. The van der Waals surface area contributed by atoms with Crippen LogP contribution in [0.5, 0.6) is 17.2 Å². The maximum absolute atomic E-state index is 9.44. The third kappa shape index (κ3) is 4.26. The Morgan fingerprint density at radius 2 is 1.91 bits per heavy atom. The van der Waals surface area contributed by atoms with E-state index in [2.05, 4.69) is 10.6 Å². The normalized spacial score (nSPS) is 10.0. The third-order valence-corrected chi connectivity index (χ3v) is 3.34. The molecule has 0 aliphatic heterocycles. The summed E-state index contributed by atoms with van der Waals surface area (Å²) in [7, 11) is 1.61. The van der Waals surface area contributed by atoms with E-state index in [4.69, 9.17) is 17.0 Å². The maximum Gasteiger partial charge on any atom is 0.170 e. The minimum atomic E-state index is -0.120. The van der Waals surface area contributed by atoms with Crippen LogP contribution >= 0.6 is 12.2 Å². The molecule has 0 radical (unpaired) electrons. The SMILES string of the molecule is COc1ccccc1NC(=S)NCCc1ccc(O)c(O)c1. The summed E-state index contributed by atoms with van der Waals surface area (Å²) in [5.74, 6) is 0.479. The number of nitrogens with one attached hydrogen (secondary N) is 2. The second kappa shape index (κ2) is 7.51. The molecule has 6 heteroatoms. The number of hydrogen-bond acceptors (Lipinski definition) is 4. The number of rotatable bonds is 5. The largest absolute Gasteiger partial charge is 0.504 e. The van der Waals surface area contributed by atoms with E-state index in [1.807, 2.05) is 24.3 Å². The van der Waals surface area contributed by atoms with Crippen LogP contribution < -0.4 is 15.4 Å². The van der Waals surface area contributed by atoms with Gasteiger partial charge in [0.15, 0.2) is 16.6 Å². The van der Waals surface area contributed by atoms with Gasteiger partial charge in [-0.25, -0.2) is 0 Å². The van der Waals surface area contributed by atoms with Gasteiger partial charge in [0.2, 0.25) is 0 Å². The third-order valence-electron chi connectivity index (χ3n) is 3.09. The fourth-order valence-corrected chi connectivity index (χ4v) is 2.17. The van der Waals surface area contributed by atoms with Crippen LogP contribution in [0.25, 0.3) is 0 Å². The minimum absolute atomic E-state index is 0.118. The number of phenols is 2. The van der Waals surface area contributed by atoms with Gasteiger partial charge in [0, 0.05) is 6.54 Å². The summed E-state index contributed by atoms with van der Waals surface area (Å²) < 4.78 is 5.24. The van der Waals surface area contributed by atoms with Gasteiger partial charge in [-0.15, -0.1) is 0 Å². The highest BCUT2D eigenvalue weighted by atomic mass is 32.1. The summed E-state index contributed by atoms with van der Waals surface area (Å²) in [6, 6.07) is 12.3. The minimum Gasteiger partial charge on any atom is -0.504 e. The highest BCUT2D eigenvalue weighted by Gasteiger charge is 2.04. The van der Waals surface area contributed by atoms with Gasteiger partial charge in [0.1, 0.15) is 5.75 Å². The maximum atomic E-state index is 9.44. The van der Waals surface area contributed by atoms with Gasteiger partial charge in [-0.05, 0) is 48.5 Å². The molecule has 22 heavy (non-hydrogen) atoms. The molecule has 0 saturated heterocycles. The molecule has 0 fully saturated rings. The predicted octanol–water partition coefficient (Wildman–Crippen LogP) is 2.64. The number of benzene rings is 2. The summed E-state index contributed by atoms with van der Waals surface area (Å²) in [5, 5.41) is 25.4. The topological polar surface area (TPSA) is 73.8 Å². The van der Waals surface area contributed by atoms with Crippen LogP contribution in [0.1, 0.15) is 5.56 Å². The molecule has 0 atom stereocenters. The first-order chi connectivity index (χ1) is 10.6. The van der Waals surface area contributed by atoms with Crippen molar-refractivity contribution in [3.63, 3.8) is 0 Å². The van der Waals surface area contributed by atoms with E-state index in [9.17, 15) is 10.2 Å². The number of phenolic OH excluding ortho intramolecular Hbond substituents is 2. The number of hydrogen-bond donors (Lipinski definition) is 4. The van der Waals surface area contributed by atoms with Crippen LogP contribution in [0.4, 0.5) is 5.69 Å². The molecule has 2 aromatic carbocycles. The van der Waals surface area contributed by atoms with E-state index in [1.165, 1.54) is 12.1 Å². The van der Waals surface area contributed by atoms with Crippen molar-refractivity contribution in [3.8, 4) is 17.2 Å². The lowest BCUT2D eigenvalue weighted by atomic mass is 10.1. The highest BCUT2D eigenvalue weighted by Crippen LogP contribution is 2.25. The Bertz CT molecular complexity index is 662. The Balaban J connectivity index is 1.84. The lowest BCUT2D eigenvalue weighted by Crippen LogP contribution is -2.30. The van der Waals surface area contributed by atoms with E-state index in [0.717, 1.165) is 17.0 Å². The molecule has 0 aliphatic carbocycles. The van der Waals surface area contributed by atoms with E-state index in [1.54, 1.807) is 13.2 Å². The molecule has 0 spiro atoms. The van der Waals surface area contributed by atoms with Crippen LogP contribution in [0.2, 0.25) is 0 Å². The van der Waals surface area contributed by atoms with Gasteiger partial charge in [-0.1, -0.05) is 18.2 Å². The first-order valence-electron chi connectivity index (χ1n) is 6.79. The van der Waals surface area contributed by atoms with E-state index >= 15 is 0 Å². The fourth-order valence-electron chi connectivity index (χ4n) is 1.96. The van der Waals surface area contributed by atoms with Crippen molar-refractivity contribution in [3.05, 3.63) is 48.0 Å². The lowest BCUT2D eigenvalue weighted by molar-refractivity contribution is 0.403. The summed E-state index contributed by atoms with van der Waals surface area (Å²) in [6.45, 7) is 0.602. The lowest BCUT2D eigenvalue weighted by Gasteiger charge is -2.13. The van der Waals surface area contributed by atoms with Gasteiger partial charge < -0.3 is 25.6 Å². The van der Waals surface area contributed by atoms with Crippen molar-refractivity contribution >= 4 is 23.0 Å². The van der Waals surface area contributed by atoms with Crippen LogP contribution in [-0.2, 0) is 6.42 Å². The molecule has 0 unspecified atom stereocenters. The van der Waals surface area contributed by atoms with Gasteiger partial charge in [-0.3, -0.25) is 0 Å². The quantitative estimate of drug-likeness (QED) is 0.502. The predicted molar refractivity (Wildman–Crippen MR) is 90.7 cm³/mol. The smallest absolute Gasteiger partial charge is 0.170 e. The summed E-state index contributed by atoms with van der Waals surface area (Å²) in [4.78, 5) is 0. The van der Waals surface area contributed by atoms with Crippen LogP contribution in [0.3, 0.4) is 0 Å². The number of anilines is 1. The van der Waals surface area contributed by atoms with Gasteiger partial charge in [0.05, 0.1) is 12.8 Å². The molecule has 0 bridgehead atoms. The molecule has 2 rings (SSSR count). The number of ether oxygens (including phenoxy) is 1. The zero-order valence-corrected chi connectivity index (χ0v) is 13.0. The van der Waals surface area contributed by atoms with Crippen molar-refractivity contribution < 1.29 is 14.9 Å². The molecule has 0 aromatic heterocycles. The monoisotopic (exact) mass is 318 g/mol. The van der Waals surface area contributed by atoms with Crippen LogP contribution in [-0.4, -0.2) is 29.0 Å². The van der Waals surface area contributed by atoms with E-state index in [0.29, 0.717) is 18.1 Å². The van der Waals surface area contributed by atoms with Gasteiger partial charge in [-0.2, -0.15) is 0 Å². The number of methoxy groups -OCH3 is 1. The Morgan fingerprint density at radius 3 is 2.64 bits per heavy atom. The van der Waals surface area contributed by atoms with Crippen LogP contribution in [0, 0.1) is 0 Å². The van der Waals surface area contributed by atoms with Crippen molar-refractivity contribution in [2.24, 2.45) is 0 Å². The Morgan fingerprint density at radius 1 is 1.14 bits per heavy atom. The molecular formula is C16H18N2O3S. The van der Waals surface area contributed by atoms with Crippen LogP contribution in [0.15, 0.2) is 42.5 Å². The zero-order valence-electron chi connectivity index (χ0n) is 12.2. The Hall–Kier alpha value is -2.47.